The standard InChI is InChI=1S/C4H6Br2O/c5-2-1-4(6)3-7/h1,7H,2-3H2/b4-1-. The third kappa shape index (κ3) is 4.51. The summed E-state index contributed by atoms with van der Waals surface area (Å²) in [5.74, 6) is 0. The molecule has 0 radical (unpaired) electrons. The molecular weight excluding hydrogens is 224 g/mol. The van der Waals surface area contributed by atoms with Crippen LogP contribution in [0.3, 0.4) is 0 Å². The van der Waals surface area contributed by atoms with Crippen LogP contribution in [0.5, 0.6) is 0 Å². The molecule has 0 spiro atoms. The highest BCUT2D eigenvalue weighted by Gasteiger charge is 1.81. The Bertz CT molecular complexity index is 70.1. The second kappa shape index (κ2) is 4.81. The van der Waals surface area contributed by atoms with Crippen LogP contribution in [0.4, 0.5) is 0 Å². The summed E-state index contributed by atoms with van der Waals surface area (Å²) in [5, 5.41) is 9.12. The molecule has 0 rings (SSSR count). The lowest BCUT2D eigenvalue weighted by Crippen LogP contribution is -1.78. The largest absolute Gasteiger partial charge is 0.391 e. The Morgan fingerprint density at radius 2 is 2.29 bits per heavy atom. The lowest BCUT2D eigenvalue weighted by molar-refractivity contribution is 0.340. The molecule has 0 saturated carbocycles. The van der Waals surface area contributed by atoms with Gasteiger partial charge in [0.15, 0.2) is 0 Å². The molecule has 0 aliphatic rings. The van der Waals surface area contributed by atoms with E-state index in [-0.39, 0.29) is 6.61 Å². The lowest BCUT2D eigenvalue weighted by Gasteiger charge is -1.84. The summed E-state index contributed by atoms with van der Waals surface area (Å²) >= 11 is 6.29. The monoisotopic (exact) mass is 228 g/mol. The van der Waals surface area contributed by atoms with E-state index in [9.17, 15) is 0 Å². The van der Waals surface area contributed by atoms with Gasteiger partial charge in [0.2, 0.25) is 0 Å². The van der Waals surface area contributed by atoms with Crippen LogP contribution in [-0.2, 0) is 0 Å². The number of alkyl halides is 1. The van der Waals surface area contributed by atoms with Gasteiger partial charge in [0.1, 0.15) is 0 Å². The predicted molar refractivity (Wildman–Crippen MR) is 37.9 cm³/mol. The average Bonchev–Trinajstić information content (AvgIpc) is 1.68. The maximum absolute atomic E-state index is 8.33. The molecule has 3 heteroatoms. The van der Waals surface area contributed by atoms with E-state index < -0.39 is 0 Å². The van der Waals surface area contributed by atoms with Gasteiger partial charge in [-0.15, -0.1) is 0 Å². The van der Waals surface area contributed by atoms with Crippen molar-refractivity contribution in [1.82, 2.24) is 0 Å². The zero-order chi connectivity index (χ0) is 5.70. The summed E-state index contributed by atoms with van der Waals surface area (Å²) in [7, 11) is 0. The smallest absolute Gasteiger partial charge is 0.0743 e. The van der Waals surface area contributed by atoms with Crippen molar-refractivity contribution in [3.05, 3.63) is 10.6 Å². The summed E-state index contributed by atoms with van der Waals surface area (Å²) in [6.07, 6.45) is 1.85. The molecule has 7 heavy (non-hydrogen) atoms. The first kappa shape index (κ1) is 7.66. The zero-order valence-electron chi connectivity index (χ0n) is 3.69. The summed E-state index contributed by atoms with van der Waals surface area (Å²) in [6.45, 7) is 0.0889. The fraction of sp³-hybridized carbons (Fsp3) is 0.500. The minimum atomic E-state index is 0.0889. The van der Waals surface area contributed by atoms with Crippen molar-refractivity contribution in [1.29, 1.82) is 0 Å². The molecule has 1 N–H and O–H groups in total. The third-order valence-electron chi connectivity index (χ3n) is 0.450. The molecule has 0 bridgehead atoms. The van der Waals surface area contributed by atoms with Gasteiger partial charge in [0, 0.05) is 9.81 Å². The second-order valence-corrected chi connectivity index (χ2v) is 2.63. The van der Waals surface area contributed by atoms with Crippen LogP contribution in [0.1, 0.15) is 0 Å². The summed E-state index contributed by atoms with van der Waals surface area (Å²) in [5.41, 5.74) is 0. The van der Waals surface area contributed by atoms with Crippen LogP contribution in [0.2, 0.25) is 0 Å². The number of halogens is 2. The number of hydrogen-bond donors (Lipinski definition) is 1. The van der Waals surface area contributed by atoms with E-state index in [2.05, 4.69) is 31.9 Å². The van der Waals surface area contributed by atoms with Crippen molar-refractivity contribution in [2.24, 2.45) is 0 Å². The van der Waals surface area contributed by atoms with E-state index in [1.807, 2.05) is 6.08 Å². The predicted octanol–water partition coefficient (Wildman–Crippen LogP) is 1.65. The minimum absolute atomic E-state index is 0.0889. The first-order valence-corrected chi connectivity index (χ1v) is 3.74. The number of rotatable bonds is 2. The van der Waals surface area contributed by atoms with Gasteiger partial charge in [0.05, 0.1) is 6.61 Å². The van der Waals surface area contributed by atoms with Gasteiger partial charge in [-0.25, -0.2) is 0 Å². The molecule has 0 saturated heterocycles. The highest BCUT2D eigenvalue weighted by atomic mass is 79.9. The Hall–Kier alpha value is 0.660. The van der Waals surface area contributed by atoms with Crippen molar-refractivity contribution in [3.8, 4) is 0 Å². The number of allylic oxidation sites excluding steroid dienone is 1. The Morgan fingerprint density at radius 1 is 1.71 bits per heavy atom. The molecule has 0 aromatic heterocycles. The Labute approximate surface area is 59.7 Å². The molecule has 0 heterocycles. The Kier molecular flexibility index (Phi) is 5.26. The van der Waals surface area contributed by atoms with Gasteiger partial charge in [-0.1, -0.05) is 37.9 Å². The quantitative estimate of drug-likeness (QED) is 0.715. The van der Waals surface area contributed by atoms with Gasteiger partial charge in [0.25, 0.3) is 0 Å². The van der Waals surface area contributed by atoms with Crippen LogP contribution in [0, 0.1) is 0 Å². The van der Waals surface area contributed by atoms with Crippen molar-refractivity contribution < 1.29 is 5.11 Å². The van der Waals surface area contributed by atoms with E-state index >= 15 is 0 Å². The maximum atomic E-state index is 8.33. The molecule has 0 aliphatic carbocycles. The molecular formula is C4H6Br2O. The van der Waals surface area contributed by atoms with E-state index in [0.29, 0.717) is 0 Å². The first-order chi connectivity index (χ1) is 3.31. The number of hydrogen-bond acceptors (Lipinski definition) is 1. The molecule has 1 nitrogen and oxygen atoms in total. The van der Waals surface area contributed by atoms with E-state index in [0.717, 1.165) is 9.81 Å². The van der Waals surface area contributed by atoms with Gasteiger partial charge in [-0.2, -0.15) is 0 Å². The van der Waals surface area contributed by atoms with Crippen LogP contribution in [0.25, 0.3) is 0 Å². The van der Waals surface area contributed by atoms with Gasteiger partial charge >= 0.3 is 0 Å². The van der Waals surface area contributed by atoms with Gasteiger partial charge in [-0.3, -0.25) is 0 Å². The second-order valence-electron chi connectivity index (χ2n) is 0.963. The zero-order valence-corrected chi connectivity index (χ0v) is 6.87. The molecule has 0 aromatic carbocycles. The third-order valence-corrected chi connectivity index (χ3v) is 1.35. The lowest BCUT2D eigenvalue weighted by atomic mass is 10.6. The molecule has 0 amide bonds. The van der Waals surface area contributed by atoms with E-state index in [1.54, 1.807) is 0 Å². The van der Waals surface area contributed by atoms with Gasteiger partial charge in [-0.05, 0) is 0 Å². The van der Waals surface area contributed by atoms with Crippen LogP contribution in [-0.4, -0.2) is 17.0 Å². The average molecular weight is 230 g/mol. The minimum Gasteiger partial charge on any atom is -0.391 e. The highest BCUT2D eigenvalue weighted by molar-refractivity contribution is 9.12. The van der Waals surface area contributed by atoms with Crippen LogP contribution < -0.4 is 0 Å². The molecule has 0 atom stereocenters. The first-order valence-electron chi connectivity index (χ1n) is 1.82. The summed E-state index contributed by atoms with van der Waals surface area (Å²) in [6, 6.07) is 0. The Morgan fingerprint density at radius 3 is 2.43 bits per heavy atom. The Balaban J connectivity index is 3.29. The fourth-order valence-electron chi connectivity index (χ4n) is 0.148. The normalized spacial score (nSPS) is 12.1. The molecule has 0 aromatic rings. The number of aliphatic hydroxyl groups excluding tert-OH is 1. The van der Waals surface area contributed by atoms with Crippen molar-refractivity contribution in [2.45, 2.75) is 0 Å². The maximum Gasteiger partial charge on any atom is 0.0743 e. The van der Waals surface area contributed by atoms with Crippen molar-refractivity contribution in [3.63, 3.8) is 0 Å². The fourth-order valence-corrected chi connectivity index (χ4v) is 1.14. The molecule has 0 unspecified atom stereocenters. The SMILES string of the molecule is OC/C(Br)=C/CBr. The van der Waals surface area contributed by atoms with E-state index in [1.165, 1.54) is 0 Å². The number of aliphatic hydroxyl groups is 1. The van der Waals surface area contributed by atoms with Crippen LogP contribution >= 0.6 is 31.9 Å². The van der Waals surface area contributed by atoms with Gasteiger partial charge < -0.3 is 5.11 Å². The molecule has 42 valence electrons. The van der Waals surface area contributed by atoms with Crippen molar-refractivity contribution >= 4 is 31.9 Å². The highest BCUT2D eigenvalue weighted by Crippen LogP contribution is 2.02. The van der Waals surface area contributed by atoms with Crippen molar-refractivity contribution in [2.75, 3.05) is 11.9 Å². The van der Waals surface area contributed by atoms with Crippen LogP contribution in [0.15, 0.2) is 10.6 Å². The molecule has 0 aliphatic heterocycles. The molecule has 0 fully saturated rings. The summed E-state index contributed by atoms with van der Waals surface area (Å²) in [4.78, 5) is 0. The summed E-state index contributed by atoms with van der Waals surface area (Å²) < 4.78 is 0.823. The topological polar surface area (TPSA) is 20.2 Å². The van der Waals surface area contributed by atoms with E-state index in [4.69, 9.17) is 5.11 Å².